The fourth-order valence-electron chi connectivity index (χ4n) is 11.2. The number of aliphatic hydroxyl groups excluding tert-OH is 8. The van der Waals surface area contributed by atoms with Crippen LogP contribution < -0.4 is 41.7 Å². The summed E-state index contributed by atoms with van der Waals surface area (Å²) in [5.74, 6) is -0.149. The molecule has 10 rings (SSSR count). The van der Waals surface area contributed by atoms with Crippen molar-refractivity contribution in [2.24, 2.45) is 0 Å². The number of imidazole rings is 2. The Labute approximate surface area is 446 Å². The zero-order chi connectivity index (χ0) is 54.6. The summed E-state index contributed by atoms with van der Waals surface area (Å²) < 4.78 is 3.27. The lowest BCUT2D eigenvalue weighted by Crippen LogP contribution is -2.48. The molecular weight excluding hydrogens is 1010 g/mol. The third kappa shape index (κ3) is 11.6. The van der Waals surface area contributed by atoms with Crippen molar-refractivity contribution in [2.45, 2.75) is 111 Å². The molecule has 4 aliphatic rings. The lowest BCUT2D eigenvalue weighted by molar-refractivity contribution is -0.126. The van der Waals surface area contributed by atoms with Gasteiger partial charge in [0.2, 0.25) is 23.7 Å². The molecule has 416 valence electrons. The highest BCUT2D eigenvalue weighted by molar-refractivity contribution is 5.86. The number of nitrogens with zero attached hydrogens (tertiary/aromatic N) is 10. The fraction of sp³-hybridized carbons (Fsp3) is 0.510. The summed E-state index contributed by atoms with van der Waals surface area (Å²) in [4.78, 5) is 70.7. The topological polar surface area (TPSA) is 379 Å². The number of rotatable bonds is 20. The smallest absolute Gasteiger partial charge is 0.315 e. The van der Waals surface area contributed by atoms with Gasteiger partial charge in [-0.05, 0) is 49.7 Å². The van der Waals surface area contributed by atoms with Crippen LogP contribution in [0.15, 0.2) is 73.3 Å². The minimum absolute atomic E-state index is 0.110. The maximum atomic E-state index is 13.8. The molecule has 4 amide bonds. The van der Waals surface area contributed by atoms with Crippen molar-refractivity contribution in [1.29, 1.82) is 0 Å². The van der Waals surface area contributed by atoms with Gasteiger partial charge in [0.25, 0.3) is 0 Å². The molecule has 0 radical (unpaired) electrons. The van der Waals surface area contributed by atoms with Crippen molar-refractivity contribution >= 4 is 63.7 Å². The summed E-state index contributed by atoms with van der Waals surface area (Å²) in [6.07, 6.45) is -0.123. The second-order valence-electron chi connectivity index (χ2n) is 20.5. The van der Waals surface area contributed by atoms with Gasteiger partial charge < -0.3 is 91.7 Å². The second kappa shape index (κ2) is 23.7. The molecule has 14 N–H and O–H groups in total. The van der Waals surface area contributed by atoms with Gasteiger partial charge in [0.15, 0.2) is 34.0 Å². The molecule has 2 aliphatic carbocycles. The van der Waals surface area contributed by atoms with E-state index in [4.69, 9.17) is 19.9 Å². The maximum absolute atomic E-state index is 13.8. The molecule has 0 bridgehead atoms. The third-order valence-electron chi connectivity index (χ3n) is 15.2. The van der Waals surface area contributed by atoms with Crippen molar-refractivity contribution < 1.29 is 55.2 Å². The van der Waals surface area contributed by atoms with E-state index in [1.165, 1.54) is 12.7 Å². The van der Waals surface area contributed by atoms with E-state index < -0.39 is 91.7 Å². The molecule has 2 saturated heterocycles. The zero-order valence-corrected chi connectivity index (χ0v) is 42.5. The van der Waals surface area contributed by atoms with Crippen LogP contribution in [0.2, 0.25) is 0 Å². The number of hydrogen-bond acceptors (Lipinski definition) is 21. The number of benzene rings is 2. The van der Waals surface area contributed by atoms with Gasteiger partial charge >= 0.3 is 6.03 Å². The molecule has 2 aliphatic heterocycles. The largest absolute Gasteiger partial charge is 0.394 e. The van der Waals surface area contributed by atoms with Gasteiger partial charge in [0.1, 0.15) is 37.6 Å². The number of carbonyl (C=O) groups excluding carboxylic acids is 3. The first-order valence-electron chi connectivity index (χ1n) is 26.2. The molecule has 2 saturated carbocycles. The van der Waals surface area contributed by atoms with Gasteiger partial charge in [0, 0.05) is 38.3 Å². The van der Waals surface area contributed by atoms with Gasteiger partial charge in [-0.15, -0.1) is 0 Å². The van der Waals surface area contributed by atoms with E-state index >= 15 is 0 Å². The molecule has 12 atom stereocenters. The predicted molar refractivity (Wildman–Crippen MR) is 282 cm³/mol. The Hall–Kier alpha value is -7.37. The lowest BCUT2D eigenvalue weighted by atomic mass is 10.1. The highest BCUT2D eigenvalue weighted by Crippen LogP contribution is 2.37. The molecule has 2 aromatic carbocycles. The Balaban J connectivity index is 0.844. The Kier molecular flexibility index (Phi) is 16.4. The quantitative estimate of drug-likeness (QED) is 0.0374. The Morgan fingerprint density at radius 3 is 1.35 bits per heavy atom. The van der Waals surface area contributed by atoms with Gasteiger partial charge in [0.05, 0.1) is 62.1 Å². The van der Waals surface area contributed by atoms with Gasteiger partial charge in [-0.1, -0.05) is 60.7 Å². The number of carbonyl (C=O) groups is 3. The van der Waals surface area contributed by atoms with Crippen LogP contribution in [0.25, 0.3) is 22.3 Å². The molecule has 4 aromatic heterocycles. The number of aromatic nitrogens is 8. The number of aliphatic hydroxyl groups is 8. The van der Waals surface area contributed by atoms with E-state index in [0.29, 0.717) is 97.7 Å². The molecule has 27 heteroatoms. The standard InChI is InChI=1S/C51H66N16O11/c68-21-31(15-27-7-3-1-4-8-27)54-45-39-47(66(25-52-39)35-17-33(41(74)43(35)76)58-37(72)23-70)62-49(60-45)64-13-11-29(19-64)56-51(78)57-30-12-14-65(20-30)50-61-46(55-32(22-69)16-28-9-5-2-6-10-28)40-48(63-50)67(26-53-40)36-18-34(42(75)44(36)77)59-38(73)24-71/h1-10,25-26,29-36,41-44,68-71,74-77H,11-24H2,(H,58,72)(H,59,73)(H,54,60,62)(H,55,61,63)(H2,56,57,78)/t29-,30+,31+,32?,33+,34+,35-,36-,41-,42-,43+,44+/m1/s1. The number of urea groups is 1. The minimum atomic E-state index is -1.34. The number of anilines is 4. The summed E-state index contributed by atoms with van der Waals surface area (Å²) in [7, 11) is 0. The number of nitrogens with one attached hydrogen (secondary N) is 6. The number of fused-ring (bicyclic) bond motifs is 2. The van der Waals surface area contributed by atoms with Crippen molar-refractivity contribution in [3.8, 4) is 0 Å². The van der Waals surface area contributed by atoms with Crippen LogP contribution in [0, 0.1) is 0 Å². The first kappa shape index (κ1) is 54.0. The SMILES string of the molecule is O=C(CO)N[C@H]1C[C@@H](n2cnc3c(NC(CO)Cc4ccccc4)nc(N4CC[C@H](NC(=O)N[C@@H]5CCN(c6nc(N[C@H](CO)Cc7ccccc7)c7ncn([C@@H]8C[C@H](NC(=O)CO)[C@@H](O)[C@H]8O)c7n6)C5)C4)nc32)[C@H](O)[C@@H]1O. The Morgan fingerprint density at radius 2 is 0.962 bits per heavy atom. The van der Waals surface area contributed by atoms with E-state index in [1.807, 2.05) is 70.5 Å². The van der Waals surface area contributed by atoms with Crippen LogP contribution >= 0.6 is 0 Å². The summed E-state index contributed by atoms with van der Waals surface area (Å²) in [5.41, 5.74) is 3.31. The van der Waals surface area contributed by atoms with E-state index in [2.05, 4.69) is 41.9 Å². The zero-order valence-electron chi connectivity index (χ0n) is 42.5. The fourth-order valence-corrected chi connectivity index (χ4v) is 11.2. The molecule has 4 fully saturated rings. The highest BCUT2D eigenvalue weighted by Gasteiger charge is 2.45. The van der Waals surface area contributed by atoms with E-state index in [-0.39, 0.29) is 38.1 Å². The van der Waals surface area contributed by atoms with Crippen LogP contribution in [0.3, 0.4) is 0 Å². The monoisotopic (exact) mass is 1080 g/mol. The first-order chi connectivity index (χ1) is 37.8. The van der Waals surface area contributed by atoms with Crippen LogP contribution in [0.5, 0.6) is 0 Å². The summed E-state index contributed by atoms with van der Waals surface area (Å²) in [6.45, 7) is -0.463. The average molecular weight is 1080 g/mol. The van der Waals surface area contributed by atoms with Gasteiger partial charge in [-0.25, -0.2) is 14.8 Å². The first-order valence-corrected chi connectivity index (χ1v) is 26.2. The molecule has 6 heterocycles. The summed E-state index contributed by atoms with van der Waals surface area (Å²) in [6, 6.07) is 14.0. The Bertz CT molecular complexity index is 2850. The maximum Gasteiger partial charge on any atom is 0.315 e. The molecule has 27 nitrogen and oxygen atoms in total. The molecule has 0 spiro atoms. The van der Waals surface area contributed by atoms with E-state index in [0.717, 1.165) is 11.1 Å². The molecular formula is C51H66N16O11. The van der Waals surface area contributed by atoms with Crippen LogP contribution in [-0.4, -0.2) is 211 Å². The van der Waals surface area contributed by atoms with Crippen molar-refractivity contribution in [3.63, 3.8) is 0 Å². The summed E-state index contributed by atoms with van der Waals surface area (Å²) in [5, 5.41) is 102. The Morgan fingerprint density at radius 1 is 0.551 bits per heavy atom. The molecule has 78 heavy (non-hydrogen) atoms. The van der Waals surface area contributed by atoms with E-state index in [9.17, 15) is 55.2 Å². The average Bonchev–Trinajstić information content (AvgIpc) is 4.54. The van der Waals surface area contributed by atoms with Crippen LogP contribution in [-0.2, 0) is 22.4 Å². The molecule has 6 aromatic rings. The number of hydrogen-bond donors (Lipinski definition) is 14. The third-order valence-corrected chi connectivity index (χ3v) is 15.2. The van der Waals surface area contributed by atoms with Gasteiger partial charge in [-0.3, -0.25) is 9.59 Å². The highest BCUT2D eigenvalue weighted by atomic mass is 16.3. The minimum Gasteiger partial charge on any atom is -0.394 e. The van der Waals surface area contributed by atoms with Gasteiger partial charge in [-0.2, -0.15) is 19.9 Å². The van der Waals surface area contributed by atoms with Crippen molar-refractivity contribution in [2.75, 3.05) is 73.0 Å². The molecule has 1 unspecified atom stereocenters. The normalized spacial score (nSPS) is 25.8. The summed E-state index contributed by atoms with van der Waals surface area (Å²) >= 11 is 0. The van der Waals surface area contributed by atoms with Crippen LogP contribution in [0.4, 0.5) is 28.3 Å². The van der Waals surface area contributed by atoms with Crippen molar-refractivity contribution in [1.82, 2.24) is 60.3 Å². The lowest BCUT2D eigenvalue weighted by Gasteiger charge is -2.23. The predicted octanol–water partition coefficient (Wildman–Crippen LogP) is -2.56. The second-order valence-corrected chi connectivity index (χ2v) is 20.5. The van der Waals surface area contributed by atoms with Crippen LogP contribution in [0.1, 0.15) is 48.9 Å². The number of amides is 4. The van der Waals surface area contributed by atoms with E-state index in [1.54, 1.807) is 9.13 Å². The van der Waals surface area contributed by atoms with Crippen molar-refractivity contribution in [3.05, 3.63) is 84.4 Å².